The number of rotatable bonds is 12. The van der Waals surface area contributed by atoms with E-state index in [1.165, 1.54) is 100 Å². The Morgan fingerprint density at radius 2 is 0.600 bits per heavy atom. The molecule has 1 N–H and O–H groups in total. The lowest BCUT2D eigenvalue weighted by atomic mass is 9.90. The first-order valence-electron chi connectivity index (χ1n) is 24.4. The fourth-order valence-corrected chi connectivity index (χ4v) is 11.4. The molecule has 4 nitrogen and oxygen atoms in total. The van der Waals surface area contributed by atoms with Crippen molar-refractivity contribution >= 4 is 44.4 Å². The van der Waals surface area contributed by atoms with Gasteiger partial charge in [-0.2, -0.15) is 0 Å². The van der Waals surface area contributed by atoms with Crippen LogP contribution in [0.5, 0.6) is 0 Å². The van der Waals surface area contributed by atoms with E-state index in [2.05, 4.69) is 193 Å². The van der Waals surface area contributed by atoms with Crippen LogP contribution in [0.1, 0.15) is 126 Å². The topological polar surface area (TPSA) is 46.5 Å². The average molecular weight is 853 g/mol. The Balaban J connectivity index is 1.72. The van der Waals surface area contributed by atoms with Gasteiger partial charge in [0.25, 0.3) is 0 Å². The summed E-state index contributed by atoms with van der Waals surface area (Å²) in [5.74, 6) is 0. The van der Waals surface area contributed by atoms with E-state index in [1.807, 2.05) is 0 Å². The van der Waals surface area contributed by atoms with E-state index in [1.54, 1.807) is 0 Å². The minimum Gasteiger partial charge on any atom is -0.354 e. The SMILES string of the molecule is CCC1=C(CC)c2nc1c(-c1ccccc1)c1[nH]c(c(CC)c1CC)c(-c1ccccc1)c1nc(c(-c3ccccc3)c3c(CC)c(CC)c(c2-c2ccccc2)n3C)C(CC)=C1CC. The molecule has 0 amide bonds. The third-order valence-electron chi connectivity index (χ3n) is 14.1. The number of fused-ring (bicyclic) bond motifs is 8. The van der Waals surface area contributed by atoms with Crippen molar-refractivity contribution in [3.05, 3.63) is 166 Å². The number of benzene rings is 4. The Morgan fingerprint density at radius 3 is 0.862 bits per heavy atom. The molecule has 2 aliphatic heterocycles. The highest BCUT2D eigenvalue weighted by molar-refractivity contribution is 6.09. The highest BCUT2D eigenvalue weighted by Gasteiger charge is 2.32. The molecule has 8 bridgehead atoms. The number of aromatic amines is 1. The molecule has 5 heterocycles. The molecule has 4 heteroatoms. The second-order valence-corrected chi connectivity index (χ2v) is 17.4. The maximum atomic E-state index is 6.05. The van der Waals surface area contributed by atoms with Crippen LogP contribution >= 0.6 is 0 Å². The molecule has 7 aromatic rings. The maximum Gasteiger partial charge on any atom is 0.0772 e. The zero-order valence-corrected chi connectivity index (χ0v) is 40.0. The summed E-state index contributed by atoms with van der Waals surface area (Å²) in [6.45, 7) is 18.6. The lowest BCUT2D eigenvalue weighted by Crippen LogP contribution is -1.98. The van der Waals surface area contributed by atoms with Crippen LogP contribution in [0.15, 0.2) is 121 Å². The number of aryl methyl sites for hydroxylation is 5. The first kappa shape index (κ1) is 43.7. The quantitative estimate of drug-likeness (QED) is 0.133. The highest BCUT2D eigenvalue weighted by Crippen LogP contribution is 2.50. The van der Waals surface area contributed by atoms with Crippen molar-refractivity contribution in [2.45, 2.75) is 107 Å². The zero-order valence-electron chi connectivity index (χ0n) is 40.0. The molecule has 0 aliphatic carbocycles. The van der Waals surface area contributed by atoms with Gasteiger partial charge in [0.15, 0.2) is 0 Å². The summed E-state index contributed by atoms with van der Waals surface area (Å²) in [4.78, 5) is 16.4. The van der Waals surface area contributed by atoms with E-state index in [9.17, 15) is 0 Å². The van der Waals surface area contributed by atoms with Gasteiger partial charge in [0.05, 0.1) is 44.8 Å². The summed E-state index contributed by atoms with van der Waals surface area (Å²) in [5.41, 5.74) is 29.4. The predicted octanol–water partition coefficient (Wildman–Crippen LogP) is 16.7. The standard InChI is InChI=1S/C61H64N4/c1-10-42-43(11-2)55-51(39-32-24-19-25-33-39)57-45(13-4)47(15-6)59(64-57)53(41-36-28-21-29-37-41)61-49(17-8)48(16-7)60(65(61)9)52(40-34-26-20-27-35-40)58-46(14-5)44(12-3)56(63-58)50(54(42)62-55)38-30-22-18-23-31-38/h18-37,62H,10-17H2,1-9H3. The van der Waals surface area contributed by atoms with Gasteiger partial charge in [0.2, 0.25) is 0 Å². The molecule has 4 aromatic carbocycles. The van der Waals surface area contributed by atoms with E-state index in [4.69, 9.17) is 9.97 Å². The van der Waals surface area contributed by atoms with Gasteiger partial charge in [-0.1, -0.05) is 177 Å². The Bertz CT molecular complexity index is 2930. The maximum absolute atomic E-state index is 6.05. The molecular formula is C61H64N4. The number of hydrogen-bond acceptors (Lipinski definition) is 2. The van der Waals surface area contributed by atoms with Crippen molar-refractivity contribution in [2.75, 3.05) is 0 Å². The largest absolute Gasteiger partial charge is 0.354 e. The number of nitrogens with one attached hydrogen (secondary N) is 1. The first-order chi connectivity index (χ1) is 31.9. The Kier molecular flexibility index (Phi) is 12.5. The van der Waals surface area contributed by atoms with Gasteiger partial charge < -0.3 is 9.55 Å². The fourth-order valence-electron chi connectivity index (χ4n) is 11.4. The minimum atomic E-state index is 0.867. The van der Waals surface area contributed by atoms with Gasteiger partial charge in [0, 0.05) is 29.3 Å². The van der Waals surface area contributed by atoms with Crippen molar-refractivity contribution < 1.29 is 0 Å². The van der Waals surface area contributed by atoms with Crippen LogP contribution in [0.25, 0.3) is 88.9 Å². The summed E-state index contributed by atoms with van der Waals surface area (Å²) in [5, 5.41) is 0. The third kappa shape index (κ3) is 7.13. The number of H-pyrrole nitrogens is 1. The lowest BCUT2D eigenvalue weighted by Gasteiger charge is -2.14. The third-order valence-corrected chi connectivity index (χ3v) is 14.1. The molecule has 3 aromatic heterocycles. The zero-order chi connectivity index (χ0) is 45.4. The van der Waals surface area contributed by atoms with E-state index in [-0.39, 0.29) is 0 Å². The van der Waals surface area contributed by atoms with Crippen LogP contribution in [-0.2, 0) is 32.7 Å². The summed E-state index contributed by atoms with van der Waals surface area (Å²) in [6, 6.07) is 44.3. The molecule has 0 unspecified atom stereocenters. The highest BCUT2D eigenvalue weighted by atomic mass is 15.0. The number of nitrogens with zero attached hydrogens (tertiary/aromatic N) is 3. The van der Waals surface area contributed by atoms with Gasteiger partial charge in [0.1, 0.15) is 0 Å². The van der Waals surface area contributed by atoms with E-state index in [0.29, 0.717) is 0 Å². The van der Waals surface area contributed by atoms with Crippen LogP contribution in [-0.4, -0.2) is 19.5 Å². The number of allylic oxidation sites excluding steroid dienone is 4. The van der Waals surface area contributed by atoms with Crippen LogP contribution in [0.3, 0.4) is 0 Å². The second-order valence-electron chi connectivity index (χ2n) is 17.4. The molecule has 0 radical (unpaired) electrons. The molecule has 2 aliphatic rings. The fraction of sp³-hybridized carbons (Fsp3) is 0.279. The van der Waals surface area contributed by atoms with E-state index in [0.717, 1.165) is 85.2 Å². The molecule has 0 saturated carbocycles. The van der Waals surface area contributed by atoms with Crippen LogP contribution in [0.2, 0.25) is 0 Å². The summed E-state index contributed by atoms with van der Waals surface area (Å²) >= 11 is 0. The van der Waals surface area contributed by atoms with Crippen molar-refractivity contribution in [2.24, 2.45) is 7.05 Å². The summed E-state index contributed by atoms with van der Waals surface area (Å²) in [7, 11) is 2.31. The van der Waals surface area contributed by atoms with E-state index < -0.39 is 0 Å². The Morgan fingerprint density at radius 1 is 0.338 bits per heavy atom. The van der Waals surface area contributed by atoms with E-state index >= 15 is 0 Å². The van der Waals surface area contributed by atoms with Gasteiger partial charge in [-0.25, -0.2) is 9.97 Å². The molecule has 0 spiro atoms. The van der Waals surface area contributed by atoms with Gasteiger partial charge in [-0.3, -0.25) is 0 Å². The second kappa shape index (κ2) is 18.5. The molecule has 0 atom stereocenters. The van der Waals surface area contributed by atoms with Gasteiger partial charge >= 0.3 is 0 Å². The Labute approximate surface area is 386 Å². The van der Waals surface area contributed by atoms with Crippen molar-refractivity contribution in [3.8, 4) is 44.5 Å². The van der Waals surface area contributed by atoms with Crippen LogP contribution in [0, 0.1) is 0 Å². The molecular weight excluding hydrogens is 789 g/mol. The molecule has 0 saturated heterocycles. The van der Waals surface area contributed by atoms with Crippen molar-refractivity contribution in [1.29, 1.82) is 0 Å². The monoisotopic (exact) mass is 853 g/mol. The Hall–Kier alpha value is -6.52. The minimum absolute atomic E-state index is 0.867. The number of hydrogen-bond donors (Lipinski definition) is 1. The lowest BCUT2D eigenvalue weighted by molar-refractivity contribution is 0.999. The molecule has 0 fully saturated rings. The van der Waals surface area contributed by atoms with Crippen molar-refractivity contribution in [1.82, 2.24) is 19.5 Å². The molecule has 328 valence electrons. The first-order valence-corrected chi connectivity index (χ1v) is 24.4. The number of aromatic nitrogens is 4. The predicted molar refractivity (Wildman–Crippen MR) is 280 cm³/mol. The van der Waals surface area contributed by atoms with Crippen molar-refractivity contribution in [3.63, 3.8) is 0 Å². The average Bonchev–Trinajstić information content (AvgIpc) is 4.09. The van der Waals surface area contributed by atoms with Gasteiger partial charge in [-0.15, -0.1) is 0 Å². The van der Waals surface area contributed by atoms with Crippen LogP contribution in [0.4, 0.5) is 0 Å². The molecule has 9 rings (SSSR count). The van der Waals surface area contributed by atoms with Crippen LogP contribution < -0.4 is 0 Å². The normalized spacial score (nSPS) is 12.8. The summed E-state index contributed by atoms with van der Waals surface area (Å²) in [6.07, 6.45) is 7.00. The van der Waals surface area contributed by atoms with Gasteiger partial charge in [-0.05, 0) is 118 Å². The smallest absolute Gasteiger partial charge is 0.0772 e. The molecule has 65 heavy (non-hydrogen) atoms. The summed E-state index contributed by atoms with van der Waals surface area (Å²) < 4.78 is 2.54.